The van der Waals surface area contributed by atoms with E-state index in [4.69, 9.17) is 0 Å². The summed E-state index contributed by atoms with van der Waals surface area (Å²) in [6.45, 7) is 4.69. The number of hydrogen-bond donors (Lipinski definition) is 2. The maximum atomic E-state index is 11.7. The van der Waals surface area contributed by atoms with Crippen LogP contribution in [0.2, 0.25) is 0 Å². The van der Waals surface area contributed by atoms with E-state index in [9.17, 15) is 15.1 Å². The number of fused-ring (bicyclic) bond motifs is 10. The van der Waals surface area contributed by atoms with Crippen molar-refractivity contribution in [2.75, 3.05) is 0 Å². The largest absolute Gasteiger partial charge is 0.393 e. The topological polar surface area (TPSA) is 69.9 Å². The number of nitrogens with zero attached hydrogens (tertiary/aromatic N) is 1. The summed E-state index contributed by atoms with van der Waals surface area (Å²) in [6.07, 6.45) is 6.66. The first kappa shape index (κ1) is 15.6. The van der Waals surface area contributed by atoms with Crippen LogP contribution in [-0.4, -0.2) is 28.0 Å². The van der Waals surface area contributed by atoms with Gasteiger partial charge in [-0.2, -0.15) is 4.91 Å². The quantitative estimate of drug-likeness (QED) is 0.716. The van der Waals surface area contributed by atoms with E-state index in [2.05, 4.69) is 19.0 Å². The highest BCUT2D eigenvalue weighted by Gasteiger charge is 2.78. The van der Waals surface area contributed by atoms with Gasteiger partial charge in [-0.25, -0.2) is 0 Å². The molecular weight excluding hydrogens is 314 g/mol. The molecule has 4 heteroatoms. The molecule has 0 amide bonds. The normalized spacial score (nSPS) is 69.5. The number of nitroso groups, excluding NO2 is 1. The number of aliphatic hydroxyl groups is 2. The van der Waals surface area contributed by atoms with Crippen LogP contribution in [0.15, 0.2) is 5.18 Å². The third-order valence-electron chi connectivity index (χ3n) is 10.5. The average Bonchev–Trinajstić information content (AvgIpc) is 3.45. The molecule has 6 fully saturated rings. The van der Waals surface area contributed by atoms with Crippen molar-refractivity contribution in [2.45, 2.75) is 76.5 Å². The molecule has 6 aliphatic carbocycles. The molecule has 0 radical (unpaired) electrons. The van der Waals surface area contributed by atoms with Crippen molar-refractivity contribution in [1.82, 2.24) is 0 Å². The van der Waals surface area contributed by atoms with E-state index in [1.54, 1.807) is 0 Å². The maximum Gasteiger partial charge on any atom is 0.101 e. The van der Waals surface area contributed by atoms with Gasteiger partial charge >= 0.3 is 0 Å². The molecule has 0 saturated heterocycles. The Kier molecular flexibility index (Phi) is 2.69. The summed E-state index contributed by atoms with van der Waals surface area (Å²) in [4.78, 5) is 11.6. The maximum absolute atomic E-state index is 11.7. The van der Waals surface area contributed by atoms with Crippen molar-refractivity contribution in [2.24, 2.45) is 57.4 Å². The van der Waals surface area contributed by atoms with Crippen LogP contribution in [0.4, 0.5) is 0 Å². The molecule has 6 saturated carbocycles. The fourth-order valence-corrected chi connectivity index (χ4v) is 9.29. The molecule has 2 N–H and O–H groups in total. The smallest absolute Gasteiger partial charge is 0.101 e. The van der Waals surface area contributed by atoms with Gasteiger partial charge in [-0.1, -0.05) is 19.0 Å². The van der Waals surface area contributed by atoms with Crippen molar-refractivity contribution >= 4 is 0 Å². The van der Waals surface area contributed by atoms with Crippen LogP contribution >= 0.6 is 0 Å². The van der Waals surface area contributed by atoms with Crippen molar-refractivity contribution in [3.05, 3.63) is 4.91 Å². The summed E-state index contributed by atoms with van der Waals surface area (Å²) in [5.41, 5.74) is -0.593. The molecule has 0 aromatic heterocycles. The van der Waals surface area contributed by atoms with E-state index in [0.29, 0.717) is 41.9 Å². The second kappa shape index (κ2) is 4.32. The van der Waals surface area contributed by atoms with E-state index in [-0.39, 0.29) is 23.0 Å². The highest BCUT2D eigenvalue weighted by Crippen LogP contribution is 2.80. The van der Waals surface area contributed by atoms with Crippen LogP contribution in [0.25, 0.3) is 0 Å². The molecule has 0 heterocycles. The fourth-order valence-electron chi connectivity index (χ4n) is 9.29. The minimum atomic E-state index is -0.659. The predicted octanol–water partition coefficient (Wildman–Crippen LogP) is 3.35. The van der Waals surface area contributed by atoms with Crippen molar-refractivity contribution in [3.8, 4) is 0 Å². The molecule has 3 unspecified atom stereocenters. The second-order valence-electron chi connectivity index (χ2n) is 11.1. The highest BCUT2D eigenvalue weighted by molar-refractivity contribution is 5.27. The van der Waals surface area contributed by atoms with Crippen molar-refractivity contribution in [3.63, 3.8) is 0 Å². The monoisotopic (exact) mass is 345 g/mol. The molecule has 4 nitrogen and oxygen atoms in total. The Labute approximate surface area is 149 Å². The molecule has 6 rings (SSSR count). The Hall–Kier alpha value is -0.480. The molecule has 0 spiro atoms. The molecule has 12 atom stereocenters. The minimum absolute atomic E-state index is 0.0439. The van der Waals surface area contributed by atoms with Gasteiger partial charge in [-0.15, -0.1) is 0 Å². The molecule has 0 aromatic carbocycles. The van der Waals surface area contributed by atoms with Crippen LogP contribution in [-0.2, 0) is 0 Å². The van der Waals surface area contributed by atoms with E-state index < -0.39 is 5.60 Å². The summed E-state index contributed by atoms with van der Waals surface area (Å²) < 4.78 is 0. The third-order valence-corrected chi connectivity index (χ3v) is 10.5. The first-order chi connectivity index (χ1) is 11.8. The van der Waals surface area contributed by atoms with Gasteiger partial charge < -0.3 is 10.2 Å². The zero-order chi connectivity index (χ0) is 17.4. The SMILES string of the molecule is C[C@]12CCC3C(C1[C@@H]1C[C@@H]1[C@@H]2N=O)[C@H]1C[C@H]1[C@]1(O)C[C@@H](O)CC[C@]31C. The Morgan fingerprint density at radius 2 is 1.80 bits per heavy atom. The predicted molar refractivity (Wildman–Crippen MR) is 93.5 cm³/mol. The number of hydrogen-bond acceptors (Lipinski definition) is 4. The molecule has 138 valence electrons. The van der Waals surface area contributed by atoms with Gasteiger partial charge in [0.25, 0.3) is 0 Å². The summed E-state index contributed by atoms with van der Waals surface area (Å²) in [5, 5.41) is 25.6. The van der Waals surface area contributed by atoms with Gasteiger partial charge in [0.1, 0.15) is 6.04 Å². The molecule has 0 aliphatic heterocycles. The molecular formula is C21H31NO3. The van der Waals surface area contributed by atoms with Crippen molar-refractivity contribution < 1.29 is 10.2 Å². The summed E-state index contributed by atoms with van der Waals surface area (Å²) in [7, 11) is 0. The number of aliphatic hydroxyl groups excluding tert-OH is 1. The summed E-state index contributed by atoms with van der Waals surface area (Å²) in [6, 6.07) is 0.0439. The first-order valence-corrected chi connectivity index (χ1v) is 10.6. The van der Waals surface area contributed by atoms with Crippen LogP contribution in [0.3, 0.4) is 0 Å². The number of rotatable bonds is 1. The zero-order valence-corrected chi connectivity index (χ0v) is 15.4. The zero-order valence-electron chi connectivity index (χ0n) is 15.4. The Morgan fingerprint density at radius 3 is 2.56 bits per heavy atom. The Bertz CT molecular complexity index is 653. The molecule has 0 aromatic rings. The lowest BCUT2D eigenvalue weighted by Gasteiger charge is -2.63. The Balaban J connectivity index is 1.43. The average molecular weight is 345 g/mol. The lowest BCUT2D eigenvalue weighted by atomic mass is 9.43. The van der Waals surface area contributed by atoms with E-state index in [1.807, 2.05) is 0 Å². The van der Waals surface area contributed by atoms with Crippen LogP contribution in [0.1, 0.15) is 58.8 Å². The van der Waals surface area contributed by atoms with E-state index in [1.165, 1.54) is 6.42 Å². The van der Waals surface area contributed by atoms with Crippen LogP contribution in [0.5, 0.6) is 0 Å². The van der Waals surface area contributed by atoms with E-state index in [0.717, 1.165) is 38.0 Å². The molecule has 25 heavy (non-hydrogen) atoms. The lowest BCUT2D eigenvalue weighted by Crippen LogP contribution is -2.64. The van der Waals surface area contributed by atoms with Gasteiger partial charge in [-0.3, -0.25) is 0 Å². The van der Waals surface area contributed by atoms with Crippen molar-refractivity contribution in [1.29, 1.82) is 0 Å². The van der Waals surface area contributed by atoms with Gasteiger partial charge in [0.15, 0.2) is 0 Å². The third kappa shape index (κ3) is 1.56. The van der Waals surface area contributed by atoms with Gasteiger partial charge in [0.2, 0.25) is 0 Å². The minimum Gasteiger partial charge on any atom is -0.393 e. The summed E-state index contributed by atoms with van der Waals surface area (Å²) in [5.74, 6) is 4.21. The van der Waals surface area contributed by atoms with Gasteiger partial charge in [-0.05, 0) is 90.8 Å². The van der Waals surface area contributed by atoms with Crippen LogP contribution in [0, 0.1) is 57.2 Å². The summed E-state index contributed by atoms with van der Waals surface area (Å²) >= 11 is 0. The molecule has 6 aliphatic rings. The molecule has 0 bridgehead atoms. The lowest BCUT2D eigenvalue weighted by molar-refractivity contribution is -0.226. The fraction of sp³-hybridized carbons (Fsp3) is 1.00. The van der Waals surface area contributed by atoms with E-state index >= 15 is 0 Å². The van der Waals surface area contributed by atoms with Gasteiger partial charge in [0, 0.05) is 6.42 Å². The second-order valence-corrected chi connectivity index (χ2v) is 11.1. The van der Waals surface area contributed by atoms with Crippen LogP contribution < -0.4 is 0 Å². The standard InChI is InChI=1S/C21H31NO3/c1-19-5-4-14-16(17(19)11-7-12(11)18(19)22-25)13-8-15(13)21(24)9-10(23)3-6-20(14,21)2/h10-18,23-24H,3-9H2,1-2H3/t10-,11+,12-,13-,14?,15+,16?,17?,18-,19-,20+,21+/m0/s1. The Morgan fingerprint density at radius 1 is 1.00 bits per heavy atom. The van der Waals surface area contributed by atoms with Gasteiger partial charge in [0.05, 0.1) is 11.7 Å². The first-order valence-electron chi connectivity index (χ1n) is 10.6. The highest BCUT2D eigenvalue weighted by atomic mass is 16.3.